The summed E-state index contributed by atoms with van der Waals surface area (Å²) in [6.07, 6.45) is -0.255. The SMILES string of the molecule is C[C@H]([C@@H](Oc1ccc(N(C)C)cc1C1=N[C@H](c2ccccc2)CO1)c1ccccc1)N(Cc1ccccc1)Cc1ccccc1. The van der Waals surface area contributed by atoms with Gasteiger partial charge in [-0.25, -0.2) is 4.99 Å². The van der Waals surface area contributed by atoms with Crippen LogP contribution < -0.4 is 9.64 Å². The molecule has 0 aliphatic carbocycles. The molecule has 3 atom stereocenters. The Labute approximate surface area is 267 Å². The van der Waals surface area contributed by atoms with E-state index in [1.54, 1.807) is 0 Å². The van der Waals surface area contributed by atoms with Gasteiger partial charge >= 0.3 is 0 Å². The van der Waals surface area contributed by atoms with Gasteiger partial charge in [0.15, 0.2) is 0 Å². The number of hydrogen-bond acceptors (Lipinski definition) is 5. The summed E-state index contributed by atoms with van der Waals surface area (Å²) in [6, 6.07) is 48.5. The van der Waals surface area contributed by atoms with E-state index in [-0.39, 0.29) is 18.2 Å². The lowest BCUT2D eigenvalue weighted by Crippen LogP contribution is -2.39. The van der Waals surface area contributed by atoms with E-state index in [2.05, 4.69) is 138 Å². The minimum absolute atomic E-state index is 0.0256. The third-order valence-electron chi connectivity index (χ3n) is 8.40. The summed E-state index contributed by atoms with van der Waals surface area (Å²) in [5, 5.41) is 0. The molecule has 45 heavy (non-hydrogen) atoms. The van der Waals surface area contributed by atoms with Crippen LogP contribution in [0.15, 0.2) is 145 Å². The highest BCUT2D eigenvalue weighted by Crippen LogP contribution is 2.36. The highest BCUT2D eigenvalue weighted by Gasteiger charge is 2.30. The molecule has 228 valence electrons. The summed E-state index contributed by atoms with van der Waals surface area (Å²) in [4.78, 5) is 9.65. The van der Waals surface area contributed by atoms with Gasteiger partial charge in [-0.2, -0.15) is 0 Å². The van der Waals surface area contributed by atoms with E-state index in [0.29, 0.717) is 12.5 Å². The van der Waals surface area contributed by atoms with Gasteiger partial charge < -0.3 is 14.4 Å². The summed E-state index contributed by atoms with van der Waals surface area (Å²) < 4.78 is 13.4. The minimum atomic E-state index is -0.255. The first-order valence-electron chi connectivity index (χ1n) is 15.7. The Hall–Kier alpha value is -4.87. The van der Waals surface area contributed by atoms with Crippen molar-refractivity contribution in [3.8, 4) is 5.75 Å². The topological polar surface area (TPSA) is 37.3 Å². The molecule has 0 unspecified atom stereocenters. The number of nitrogens with zero attached hydrogens (tertiary/aromatic N) is 3. The highest BCUT2D eigenvalue weighted by atomic mass is 16.5. The molecule has 6 rings (SSSR count). The fourth-order valence-corrected chi connectivity index (χ4v) is 5.83. The van der Waals surface area contributed by atoms with E-state index in [1.165, 1.54) is 11.1 Å². The lowest BCUT2D eigenvalue weighted by molar-refractivity contribution is 0.0649. The Morgan fingerprint density at radius 2 is 1.29 bits per heavy atom. The van der Waals surface area contributed by atoms with Crippen LogP contribution in [0.2, 0.25) is 0 Å². The minimum Gasteiger partial charge on any atom is -0.483 e. The Morgan fingerprint density at radius 1 is 0.733 bits per heavy atom. The van der Waals surface area contributed by atoms with Crippen LogP contribution in [0, 0.1) is 0 Å². The molecule has 0 amide bonds. The third kappa shape index (κ3) is 7.44. The molecule has 0 fully saturated rings. The van der Waals surface area contributed by atoms with Crippen molar-refractivity contribution in [1.82, 2.24) is 4.90 Å². The van der Waals surface area contributed by atoms with Crippen molar-refractivity contribution in [2.45, 2.75) is 38.2 Å². The summed E-state index contributed by atoms with van der Waals surface area (Å²) >= 11 is 0. The molecule has 0 saturated heterocycles. The fourth-order valence-electron chi connectivity index (χ4n) is 5.83. The van der Waals surface area contributed by atoms with Crippen molar-refractivity contribution in [2.75, 3.05) is 25.6 Å². The van der Waals surface area contributed by atoms with Crippen LogP contribution in [0.3, 0.4) is 0 Å². The van der Waals surface area contributed by atoms with Crippen molar-refractivity contribution >= 4 is 11.6 Å². The summed E-state index contributed by atoms with van der Waals surface area (Å²) in [5.74, 6) is 1.38. The predicted octanol–water partition coefficient (Wildman–Crippen LogP) is 8.48. The molecule has 0 spiro atoms. The summed E-state index contributed by atoms with van der Waals surface area (Å²) in [6.45, 7) is 4.37. The molecule has 0 radical (unpaired) electrons. The molecule has 1 heterocycles. The smallest absolute Gasteiger partial charge is 0.220 e. The Kier molecular flexibility index (Phi) is 9.57. The zero-order chi connectivity index (χ0) is 31.0. The average molecular weight is 596 g/mol. The maximum Gasteiger partial charge on any atom is 0.220 e. The second kappa shape index (κ2) is 14.3. The molecule has 5 aromatic carbocycles. The van der Waals surface area contributed by atoms with E-state index in [4.69, 9.17) is 14.5 Å². The van der Waals surface area contributed by atoms with Crippen LogP contribution in [0.5, 0.6) is 5.75 Å². The first-order chi connectivity index (χ1) is 22.0. The average Bonchev–Trinajstić information content (AvgIpc) is 3.59. The van der Waals surface area contributed by atoms with E-state index in [0.717, 1.165) is 41.2 Å². The van der Waals surface area contributed by atoms with Gasteiger partial charge in [-0.3, -0.25) is 4.90 Å². The van der Waals surface area contributed by atoms with Crippen LogP contribution in [0.1, 0.15) is 46.9 Å². The van der Waals surface area contributed by atoms with Gasteiger partial charge in [0.05, 0.1) is 5.56 Å². The third-order valence-corrected chi connectivity index (χ3v) is 8.40. The van der Waals surface area contributed by atoms with E-state index < -0.39 is 0 Å². The molecule has 0 saturated carbocycles. The molecule has 1 aliphatic rings. The van der Waals surface area contributed by atoms with Gasteiger partial charge in [-0.15, -0.1) is 0 Å². The number of ether oxygens (including phenoxy) is 2. The van der Waals surface area contributed by atoms with Gasteiger partial charge in [0.2, 0.25) is 5.90 Å². The normalized spacial score (nSPS) is 15.6. The monoisotopic (exact) mass is 595 g/mol. The van der Waals surface area contributed by atoms with Crippen LogP contribution in [-0.4, -0.2) is 37.5 Å². The number of aliphatic imine (C=N–C) groups is 1. The predicted molar refractivity (Wildman–Crippen MR) is 184 cm³/mol. The maximum atomic E-state index is 7.12. The molecule has 5 nitrogen and oxygen atoms in total. The van der Waals surface area contributed by atoms with Crippen molar-refractivity contribution in [2.24, 2.45) is 4.99 Å². The molecule has 1 aliphatic heterocycles. The van der Waals surface area contributed by atoms with Gasteiger partial charge in [0.25, 0.3) is 0 Å². The first-order valence-corrected chi connectivity index (χ1v) is 15.7. The van der Waals surface area contributed by atoms with Crippen molar-refractivity contribution in [1.29, 1.82) is 0 Å². The van der Waals surface area contributed by atoms with Crippen LogP contribution in [-0.2, 0) is 17.8 Å². The molecular formula is C40H41N3O2. The summed E-state index contributed by atoms with van der Waals surface area (Å²) in [7, 11) is 4.09. The zero-order valence-corrected chi connectivity index (χ0v) is 26.3. The molecular weight excluding hydrogens is 554 g/mol. The van der Waals surface area contributed by atoms with Gasteiger partial charge in [0.1, 0.15) is 24.5 Å². The quantitative estimate of drug-likeness (QED) is 0.145. The van der Waals surface area contributed by atoms with Gasteiger partial charge in [-0.1, -0.05) is 121 Å². The molecule has 5 heteroatoms. The standard InChI is InChI=1S/C40H41N3O2/c1-30(43(27-31-16-8-4-9-17-31)28-32-18-10-5-11-19-32)39(34-22-14-7-15-23-34)45-38-25-24-35(42(2)3)26-36(38)40-41-37(29-44-40)33-20-12-6-13-21-33/h4-26,30,37,39H,27-29H2,1-3H3/t30-,37+,39-/m1/s1. The Morgan fingerprint density at radius 3 is 1.87 bits per heavy atom. The lowest BCUT2D eigenvalue weighted by Gasteiger charge is -2.36. The maximum absolute atomic E-state index is 7.12. The number of benzene rings is 5. The van der Waals surface area contributed by atoms with Crippen LogP contribution >= 0.6 is 0 Å². The lowest BCUT2D eigenvalue weighted by atomic mass is 10.00. The van der Waals surface area contributed by atoms with Crippen LogP contribution in [0.25, 0.3) is 0 Å². The van der Waals surface area contributed by atoms with E-state index in [1.807, 2.05) is 32.3 Å². The summed E-state index contributed by atoms with van der Waals surface area (Å²) in [5.41, 5.74) is 6.73. The van der Waals surface area contributed by atoms with Gasteiger partial charge in [0, 0.05) is 38.9 Å². The Bertz CT molecular complexity index is 1630. The van der Waals surface area contributed by atoms with Crippen LogP contribution in [0.4, 0.5) is 5.69 Å². The Balaban J connectivity index is 1.38. The van der Waals surface area contributed by atoms with E-state index in [9.17, 15) is 0 Å². The number of hydrogen-bond donors (Lipinski definition) is 0. The number of anilines is 1. The largest absolute Gasteiger partial charge is 0.483 e. The van der Waals surface area contributed by atoms with E-state index >= 15 is 0 Å². The zero-order valence-electron chi connectivity index (χ0n) is 26.3. The molecule has 0 bridgehead atoms. The van der Waals surface area contributed by atoms with Gasteiger partial charge in [-0.05, 0) is 47.4 Å². The molecule has 0 N–H and O–H groups in total. The highest BCUT2D eigenvalue weighted by molar-refractivity contribution is 5.99. The second-order valence-electron chi connectivity index (χ2n) is 11.8. The van der Waals surface area contributed by atoms with Crippen molar-refractivity contribution in [3.05, 3.63) is 167 Å². The number of rotatable bonds is 12. The van der Waals surface area contributed by atoms with Crippen molar-refractivity contribution < 1.29 is 9.47 Å². The molecule has 5 aromatic rings. The molecule has 0 aromatic heterocycles. The first kappa shape index (κ1) is 30.2. The fraction of sp³-hybridized carbons (Fsp3) is 0.225. The second-order valence-corrected chi connectivity index (χ2v) is 11.8. The van der Waals surface area contributed by atoms with Crippen molar-refractivity contribution in [3.63, 3.8) is 0 Å².